The Morgan fingerprint density at radius 3 is 2.29 bits per heavy atom. The molecule has 0 aliphatic rings. The van der Waals surface area contributed by atoms with Crippen molar-refractivity contribution in [1.29, 1.82) is 0 Å². The number of benzene rings is 1. The van der Waals surface area contributed by atoms with Gasteiger partial charge in [-0.2, -0.15) is 0 Å². The monoisotopic (exact) mass is 291 g/mol. The molecule has 1 aromatic heterocycles. The summed E-state index contributed by atoms with van der Waals surface area (Å²) in [5.41, 5.74) is 1.46. The van der Waals surface area contributed by atoms with E-state index in [1.807, 2.05) is 19.1 Å². The first-order chi connectivity index (χ1) is 9.86. The second-order valence-corrected chi connectivity index (χ2v) is 4.60. The molecule has 0 atom stereocenters. The standard InChI is InChI=1S/C14H13NO6/c1-8-2-3-10-9(4-8)5-11(21-10)14(20)15(6-12(16)17)7-13(18)19/h2-5H,6-7H2,1H3,(H,16,17)(H,18,19). The van der Waals surface area contributed by atoms with E-state index < -0.39 is 30.9 Å². The van der Waals surface area contributed by atoms with E-state index in [4.69, 9.17) is 14.6 Å². The molecular formula is C14H13NO6. The maximum atomic E-state index is 12.2. The number of rotatable bonds is 5. The van der Waals surface area contributed by atoms with Crippen molar-refractivity contribution in [3.05, 3.63) is 35.6 Å². The van der Waals surface area contributed by atoms with Crippen molar-refractivity contribution in [1.82, 2.24) is 4.90 Å². The van der Waals surface area contributed by atoms with Crippen molar-refractivity contribution >= 4 is 28.8 Å². The molecule has 2 aromatic rings. The molecule has 0 aliphatic carbocycles. The molecule has 0 radical (unpaired) electrons. The topological polar surface area (TPSA) is 108 Å². The summed E-state index contributed by atoms with van der Waals surface area (Å²) in [6, 6.07) is 6.79. The predicted molar refractivity (Wildman–Crippen MR) is 72.1 cm³/mol. The Hall–Kier alpha value is -2.83. The number of carboxylic acids is 2. The van der Waals surface area contributed by atoms with Crippen LogP contribution in [-0.4, -0.2) is 46.0 Å². The van der Waals surface area contributed by atoms with E-state index >= 15 is 0 Å². The van der Waals surface area contributed by atoms with Gasteiger partial charge in [-0.1, -0.05) is 11.6 Å². The van der Waals surface area contributed by atoms with Crippen LogP contribution in [0.3, 0.4) is 0 Å². The number of aliphatic carboxylic acids is 2. The molecule has 7 heteroatoms. The maximum absolute atomic E-state index is 12.2. The Morgan fingerprint density at radius 1 is 1.10 bits per heavy atom. The van der Waals surface area contributed by atoms with Crippen molar-refractivity contribution in [3.63, 3.8) is 0 Å². The number of aryl methyl sites for hydroxylation is 1. The highest BCUT2D eigenvalue weighted by atomic mass is 16.4. The summed E-state index contributed by atoms with van der Waals surface area (Å²) in [5.74, 6) is -3.44. The number of amides is 1. The molecular weight excluding hydrogens is 278 g/mol. The van der Waals surface area contributed by atoms with Crippen LogP contribution in [0.4, 0.5) is 0 Å². The van der Waals surface area contributed by atoms with Crippen molar-refractivity contribution in [2.24, 2.45) is 0 Å². The predicted octanol–water partition coefficient (Wildman–Crippen LogP) is 1.35. The number of nitrogens with zero attached hydrogens (tertiary/aromatic N) is 1. The van der Waals surface area contributed by atoms with Crippen LogP contribution in [0, 0.1) is 6.92 Å². The van der Waals surface area contributed by atoms with Crippen molar-refractivity contribution in [2.75, 3.05) is 13.1 Å². The van der Waals surface area contributed by atoms with Crippen molar-refractivity contribution < 1.29 is 29.0 Å². The molecule has 0 aliphatic heterocycles. The zero-order valence-corrected chi connectivity index (χ0v) is 11.2. The number of carbonyl (C=O) groups is 3. The van der Waals surface area contributed by atoms with Crippen molar-refractivity contribution in [2.45, 2.75) is 6.92 Å². The molecule has 0 bridgehead atoms. The third-order valence-electron chi connectivity index (χ3n) is 2.82. The molecule has 1 heterocycles. The van der Waals surface area contributed by atoms with E-state index in [0.717, 1.165) is 5.56 Å². The van der Waals surface area contributed by atoms with Gasteiger partial charge in [-0.25, -0.2) is 0 Å². The van der Waals surface area contributed by atoms with Gasteiger partial charge in [0.25, 0.3) is 5.91 Å². The van der Waals surface area contributed by atoms with Crippen molar-refractivity contribution in [3.8, 4) is 0 Å². The fraction of sp³-hybridized carbons (Fsp3) is 0.214. The molecule has 1 amide bonds. The van der Waals surface area contributed by atoms with Gasteiger partial charge in [0, 0.05) is 5.39 Å². The number of furan rings is 1. The number of hydrogen-bond donors (Lipinski definition) is 2. The second kappa shape index (κ2) is 5.66. The van der Waals surface area contributed by atoms with Gasteiger partial charge in [0.2, 0.25) is 0 Å². The van der Waals surface area contributed by atoms with Gasteiger partial charge in [0.1, 0.15) is 18.7 Å². The molecule has 0 unspecified atom stereocenters. The highest BCUT2D eigenvalue weighted by molar-refractivity contribution is 5.98. The maximum Gasteiger partial charge on any atom is 0.323 e. The molecule has 21 heavy (non-hydrogen) atoms. The first-order valence-electron chi connectivity index (χ1n) is 6.10. The summed E-state index contributed by atoms with van der Waals surface area (Å²) in [6.45, 7) is 0.470. The summed E-state index contributed by atoms with van der Waals surface area (Å²) in [4.78, 5) is 34.3. The summed E-state index contributed by atoms with van der Waals surface area (Å²) < 4.78 is 5.35. The largest absolute Gasteiger partial charge is 0.480 e. The first-order valence-corrected chi connectivity index (χ1v) is 6.10. The van der Waals surface area contributed by atoms with Crippen LogP contribution in [0.25, 0.3) is 11.0 Å². The Balaban J connectivity index is 2.33. The molecule has 0 fully saturated rings. The van der Waals surface area contributed by atoms with Gasteiger partial charge in [-0.15, -0.1) is 0 Å². The van der Waals surface area contributed by atoms with Gasteiger partial charge in [0.15, 0.2) is 5.76 Å². The minimum Gasteiger partial charge on any atom is -0.480 e. The summed E-state index contributed by atoms with van der Waals surface area (Å²) in [7, 11) is 0. The normalized spacial score (nSPS) is 10.5. The van der Waals surface area contributed by atoms with E-state index in [0.29, 0.717) is 15.9 Å². The molecule has 2 N–H and O–H groups in total. The van der Waals surface area contributed by atoms with E-state index in [1.165, 1.54) is 6.07 Å². The number of hydrogen-bond acceptors (Lipinski definition) is 4. The lowest BCUT2D eigenvalue weighted by molar-refractivity contribution is -0.140. The Kier molecular flexibility index (Phi) is 3.93. The molecule has 2 rings (SSSR count). The molecule has 1 aromatic carbocycles. The van der Waals surface area contributed by atoms with Crippen LogP contribution in [0.5, 0.6) is 0 Å². The quantitative estimate of drug-likeness (QED) is 0.861. The average Bonchev–Trinajstić information content (AvgIpc) is 2.78. The Labute approximate surface area is 119 Å². The second-order valence-electron chi connectivity index (χ2n) is 4.60. The lowest BCUT2D eigenvalue weighted by atomic mass is 10.2. The molecule has 7 nitrogen and oxygen atoms in total. The molecule has 0 saturated heterocycles. The Bertz CT molecular complexity index is 701. The number of carbonyl (C=O) groups excluding carboxylic acids is 1. The van der Waals surface area contributed by atoms with Crippen LogP contribution >= 0.6 is 0 Å². The zero-order chi connectivity index (χ0) is 15.6. The van der Waals surface area contributed by atoms with Gasteiger partial charge in [0.05, 0.1) is 0 Å². The average molecular weight is 291 g/mol. The lowest BCUT2D eigenvalue weighted by Crippen LogP contribution is -2.39. The van der Waals surface area contributed by atoms with E-state index in [1.54, 1.807) is 6.07 Å². The lowest BCUT2D eigenvalue weighted by Gasteiger charge is -2.16. The third-order valence-corrected chi connectivity index (χ3v) is 2.82. The molecule has 110 valence electrons. The summed E-state index contributed by atoms with van der Waals surface area (Å²) >= 11 is 0. The van der Waals surface area contributed by atoms with Gasteiger partial charge < -0.3 is 19.5 Å². The highest BCUT2D eigenvalue weighted by Gasteiger charge is 2.24. The van der Waals surface area contributed by atoms with Gasteiger partial charge in [-0.05, 0) is 25.1 Å². The van der Waals surface area contributed by atoms with Crippen LogP contribution in [0.15, 0.2) is 28.7 Å². The fourth-order valence-electron chi connectivity index (χ4n) is 1.95. The zero-order valence-electron chi connectivity index (χ0n) is 11.2. The van der Waals surface area contributed by atoms with Crippen LogP contribution < -0.4 is 0 Å². The van der Waals surface area contributed by atoms with Crippen LogP contribution in [0.1, 0.15) is 16.1 Å². The smallest absolute Gasteiger partial charge is 0.323 e. The summed E-state index contributed by atoms with van der Waals surface area (Å²) in [5, 5.41) is 18.2. The first kappa shape index (κ1) is 14.6. The molecule has 0 saturated carbocycles. The van der Waals surface area contributed by atoms with E-state index in [2.05, 4.69) is 0 Å². The highest BCUT2D eigenvalue weighted by Crippen LogP contribution is 2.21. The Morgan fingerprint density at radius 2 is 1.71 bits per heavy atom. The van der Waals surface area contributed by atoms with Crippen LogP contribution in [0.2, 0.25) is 0 Å². The van der Waals surface area contributed by atoms with Crippen LogP contribution in [-0.2, 0) is 9.59 Å². The summed E-state index contributed by atoms with van der Waals surface area (Å²) in [6.07, 6.45) is 0. The van der Waals surface area contributed by atoms with E-state index in [-0.39, 0.29) is 5.76 Å². The number of carboxylic acid groups (broad SMARTS) is 2. The van der Waals surface area contributed by atoms with Gasteiger partial charge >= 0.3 is 11.9 Å². The van der Waals surface area contributed by atoms with E-state index in [9.17, 15) is 14.4 Å². The molecule has 0 spiro atoms. The SMILES string of the molecule is Cc1ccc2oc(C(=O)N(CC(=O)O)CC(=O)O)cc2c1. The minimum absolute atomic E-state index is 0.0851. The van der Waals surface area contributed by atoms with Gasteiger partial charge in [-0.3, -0.25) is 14.4 Å². The fourth-order valence-corrected chi connectivity index (χ4v) is 1.95. The minimum atomic E-state index is -1.29. The third kappa shape index (κ3) is 3.38. The number of fused-ring (bicyclic) bond motifs is 1.